The zero-order chi connectivity index (χ0) is 27.9. The first kappa shape index (κ1) is 27.4. The van der Waals surface area contributed by atoms with Gasteiger partial charge in [0.25, 0.3) is 0 Å². The van der Waals surface area contributed by atoms with Crippen molar-refractivity contribution in [2.24, 2.45) is 7.05 Å². The number of tetrazole rings is 1. The Kier molecular flexibility index (Phi) is 7.70. The highest BCUT2D eigenvalue weighted by molar-refractivity contribution is 14.1. The second-order valence-electron chi connectivity index (χ2n) is 11.5. The van der Waals surface area contributed by atoms with Crippen LogP contribution < -0.4 is 21.1 Å². The normalized spacial score (nSPS) is 23.1. The van der Waals surface area contributed by atoms with Gasteiger partial charge in [0.05, 0.1) is 16.8 Å². The maximum absolute atomic E-state index is 12.7. The third kappa shape index (κ3) is 5.68. The van der Waals surface area contributed by atoms with Gasteiger partial charge in [0.1, 0.15) is 23.4 Å². The number of aromatic nitrogens is 6. The molecule has 0 radical (unpaired) electrons. The summed E-state index contributed by atoms with van der Waals surface area (Å²) in [4.78, 5) is 24.8. The van der Waals surface area contributed by atoms with Crippen LogP contribution in [0.1, 0.15) is 52.4 Å². The molecule has 2 unspecified atom stereocenters. The van der Waals surface area contributed by atoms with Gasteiger partial charge >= 0.3 is 5.69 Å². The van der Waals surface area contributed by atoms with E-state index in [0.29, 0.717) is 48.4 Å². The SMILES string of the molecule is Cn1nnn(-c2cc(Nc3ncc(I)c(NC4CC5CCCN5C(C)(C)C4)n3)ccc2OC2CCOCC2)c1=O. The highest BCUT2D eigenvalue weighted by atomic mass is 127. The molecule has 0 bridgehead atoms. The molecule has 0 saturated carbocycles. The van der Waals surface area contributed by atoms with E-state index in [1.807, 2.05) is 24.4 Å². The molecule has 3 fully saturated rings. The number of nitrogens with one attached hydrogen (secondary N) is 2. The van der Waals surface area contributed by atoms with Crippen LogP contribution in [0.3, 0.4) is 0 Å². The molecule has 3 aliphatic rings. The van der Waals surface area contributed by atoms with E-state index in [4.69, 9.17) is 14.5 Å². The molecule has 0 amide bonds. The topological polar surface area (TPSA) is 124 Å². The smallest absolute Gasteiger partial charge is 0.368 e. The number of hydrogen-bond acceptors (Lipinski definition) is 10. The maximum atomic E-state index is 12.7. The first-order chi connectivity index (χ1) is 19.3. The third-order valence-corrected chi connectivity index (χ3v) is 8.96. The fraction of sp³-hybridized carbons (Fsp3) is 0.593. The van der Waals surface area contributed by atoms with Crippen molar-refractivity contribution in [1.82, 2.24) is 34.7 Å². The fourth-order valence-corrected chi connectivity index (χ4v) is 6.68. The fourth-order valence-electron chi connectivity index (χ4n) is 6.27. The van der Waals surface area contributed by atoms with Crippen molar-refractivity contribution in [1.29, 1.82) is 0 Å². The molecule has 5 heterocycles. The number of rotatable bonds is 7. The van der Waals surface area contributed by atoms with Crippen molar-refractivity contribution in [3.8, 4) is 11.4 Å². The Balaban J connectivity index is 1.23. The van der Waals surface area contributed by atoms with E-state index in [2.05, 4.69) is 67.4 Å². The van der Waals surface area contributed by atoms with Crippen LogP contribution >= 0.6 is 22.6 Å². The zero-order valence-corrected chi connectivity index (χ0v) is 25.3. The van der Waals surface area contributed by atoms with Crippen LogP contribution in [0.25, 0.3) is 5.69 Å². The average molecular weight is 662 g/mol. The van der Waals surface area contributed by atoms with Gasteiger partial charge in [0.15, 0.2) is 0 Å². The standard InChI is InChI=1S/C27H36IN9O3/c1-27(2)15-18(13-19-5-4-10-36(19)27)30-24-21(28)16-29-25(32-24)31-17-6-7-23(40-20-8-11-39-12-9-20)22(14-17)37-26(38)35(3)33-34-37/h6-7,14,16,18-20H,4-5,8-13,15H2,1-3H3,(H2,29,30,31,32). The van der Waals surface area contributed by atoms with E-state index in [-0.39, 0.29) is 17.3 Å². The van der Waals surface area contributed by atoms with E-state index >= 15 is 0 Å². The van der Waals surface area contributed by atoms with Gasteiger partial charge in [-0.25, -0.2) is 9.78 Å². The van der Waals surface area contributed by atoms with Gasteiger partial charge in [-0.15, -0.1) is 0 Å². The number of piperidine rings is 1. The third-order valence-electron chi connectivity index (χ3n) is 8.17. The maximum Gasteiger partial charge on any atom is 0.368 e. The van der Waals surface area contributed by atoms with E-state index < -0.39 is 0 Å². The van der Waals surface area contributed by atoms with Crippen LogP contribution in [-0.4, -0.2) is 78.1 Å². The number of hydrogen-bond donors (Lipinski definition) is 2. The second-order valence-corrected chi connectivity index (χ2v) is 12.7. The molecule has 3 saturated heterocycles. The van der Waals surface area contributed by atoms with Crippen molar-refractivity contribution in [2.45, 2.75) is 76.1 Å². The number of aryl methyl sites for hydroxylation is 1. The van der Waals surface area contributed by atoms with Gasteiger partial charge < -0.3 is 20.1 Å². The molecule has 214 valence electrons. The van der Waals surface area contributed by atoms with Gasteiger partial charge in [-0.3, -0.25) is 4.90 Å². The highest BCUT2D eigenvalue weighted by Gasteiger charge is 2.43. The monoisotopic (exact) mass is 661 g/mol. The largest absolute Gasteiger partial charge is 0.488 e. The Bertz CT molecular complexity index is 1420. The summed E-state index contributed by atoms with van der Waals surface area (Å²) in [6.45, 7) is 7.22. The lowest BCUT2D eigenvalue weighted by atomic mass is 9.84. The van der Waals surface area contributed by atoms with Crippen molar-refractivity contribution in [3.63, 3.8) is 0 Å². The highest BCUT2D eigenvalue weighted by Crippen LogP contribution is 2.39. The van der Waals surface area contributed by atoms with E-state index in [1.54, 1.807) is 7.05 Å². The summed E-state index contributed by atoms with van der Waals surface area (Å²) in [6.07, 6.45) is 8.14. The number of ether oxygens (including phenoxy) is 2. The number of nitrogens with zero attached hydrogens (tertiary/aromatic N) is 7. The molecule has 12 nitrogen and oxygen atoms in total. The Hall–Kier alpha value is -2.78. The Morgan fingerprint density at radius 3 is 2.77 bits per heavy atom. The molecule has 3 aliphatic heterocycles. The Morgan fingerprint density at radius 2 is 2.00 bits per heavy atom. The lowest BCUT2D eigenvalue weighted by Crippen LogP contribution is -2.55. The molecule has 0 aliphatic carbocycles. The summed E-state index contributed by atoms with van der Waals surface area (Å²) in [5.74, 6) is 1.86. The summed E-state index contributed by atoms with van der Waals surface area (Å²) in [5, 5.41) is 15.0. The van der Waals surface area contributed by atoms with Crippen molar-refractivity contribution in [3.05, 3.63) is 38.5 Å². The Morgan fingerprint density at radius 1 is 1.18 bits per heavy atom. The molecule has 1 aromatic carbocycles. The molecule has 2 atom stereocenters. The molecule has 2 N–H and O–H groups in total. The van der Waals surface area contributed by atoms with Gasteiger partial charge in [-0.05, 0) is 97.3 Å². The molecule has 0 spiro atoms. The summed E-state index contributed by atoms with van der Waals surface area (Å²) in [6, 6.07) is 6.53. The van der Waals surface area contributed by atoms with Crippen molar-refractivity contribution in [2.75, 3.05) is 30.4 Å². The molecule has 3 aromatic rings. The van der Waals surface area contributed by atoms with Gasteiger partial charge in [-0.1, -0.05) is 0 Å². The number of benzene rings is 1. The average Bonchev–Trinajstić information content (AvgIpc) is 3.54. The summed E-state index contributed by atoms with van der Waals surface area (Å²) in [5.41, 5.74) is 1.02. The molecule has 13 heteroatoms. The zero-order valence-electron chi connectivity index (χ0n) is 23.1. The van der Waals surface area contributed by atoms with Crippen LogP contribution in [0, 0.1) is 3.57 Å². The molecule has 2 aromatic heterocycles. The quantitative estimate of drug-likeness (QED) is 0.364. The van der Waals surface area contributed by atoms with Crippen LogP contribution in [0.15, 0.2) is 29.2 Å². The minimum atomic E-state index is -0.359. The van der Waals surface area contributed by atoms with E-state index in [0.717, 1.165) is 35.1 Å². The van der Waals surface area contributed by atoms with Gasteiger partial charge in [-0.2, -0.15) is 14.3 Å². The van der Waals surface area contributed by atoms with Crippen molar-refractivity contribution < 1.29 is 9.47 Å². The van der Waals surface area contributed by atoms with Crippen LogP contribution in [0.4, 0.5) is 17.5 Å². The summed E-state index contributed by atoms with van der Waals surface area (Å²) >= 11 is 2.29. The lowest BCUT2D eigenvalue weighted by molar-refractivity contribution is 0.0255. The van der Waals surface area contributed by atoms with Gasteiger partial charge in [0.2, 0.25) is 5.95 Å². The van der Waals surface area contributed by atoms with E-state index in [1.165, 1.54) is 28.8 Å². The lowest BCUT2D eigenvalue weighted by Gasteiger charge is -2.47. The van der Waals surface area contributed by atoms with Crippen LogP contribution in [0.5, 0.6) is 5.75 Å². The minimum Gasteiger partial charge on any atom is -0.488 e. The van der Waals surface area contributed by atoms with Crippen LogP contribution in [-0.2, 0) is 11.8 Å². The predicted molar refractivity (Wildman–Crippen MR) is 160 cm³/mol. The number of fused-ring (bicyclic) bond motifs is 1. The predicted octanol–water partition coefficient (Wildman–Crippen LogP) is 3.48. The Labute approximate surface area is 247 Å². The first-order valence-electron chi connectivity index (χ1n) is 14.0. The van der Waals surface area contributed by atoms with Crippen LogP contribution in [0.2, 0.25) is 0 Å². The molecule has 40 heavy (non-hydrogen) atoms. The second kappa shape index (κ2) is 11.2. The summed E-state index contributed by atoms with van der Waals surface area (Å²) in [7, 11) is 1.57. The molecule has 6 rings (SSSR count). The number of anilines is 3. The van der Waals surface area contributed by atoms with E-state index in [9.17, 15) is 4.79 Å². The summed E-state index contributed by atoms with van der Waals surface area (Å²) < 4.78 is 15.2. The molecular formula is C27H36IN9O3. The first-order valence-corrected chi connectivity index (χ1v) is 15.1. The van der Waals surface area contributed by atoms with Gasteiger partial charge in [0, 0.05) is 49.4 Å². The number of halogens is 1. The molecular weight excluding hydrogens is 625 g/mol. The minimum absolute atomic E-state index is 0.00734. The van der Waals surface area contributed by atoms with Crippen molar-refractivity contribution >= 4 is 40.0 Å².